The molecule has 0 saturated carbocycles. The van der Waals surface area contributed by atoms with E-state index < -0.39 is 0 Å². The standard InChI is InChI=1S/C29H44N6/c1-27(2,25-8-6-23(18-31-25)34-22-10-16-30-17-11-22)13-14-28(3,4)26-9-7-24(19-32-26)35-20-29(21-35)12-5-15-33-29/h6-9,18-19,22,30,33-34H,5,10-17,20-21H2,1-4H3. The lowest BCUT2D eigenvalue weighted by Crippen LogP contribution is -2.67. The molecule has 35 heavy (non-hydrogen) atoms. The largest absolute Gasteiger partial charge is 0.381 e. The molecule has 2 aromatic rings. The first kappa shape index (κ1) is 24.5. The van der Waals surface area contributed by atoms with Crippen molar-refractivity contribution < 1.29 is 0 Å². The predicted octanol–water partition coefficient (Wildman–Crippen LogP) is 4.62. The minimum atomic E-state index is 0.0186. The van der Waals surface area contributed by atoms with Crippen molar-refractivity contribution in [2.75, 3.05) is 42.9 Å². The molecule has 0 atom stereocenters. The summed E-state index contributed by atoms with van der Waals surface area (Å²) in [4.78, 5) is 12.2. The van der Waals surface area contributed by atoms with Crippen molar-refractivity contribution in [1.82, 2.24) is 20.6 Å². The maximum atomic E-state index is 4.92. The molecular weight excluding hydrogens is 432 g/mol. The van der Waals surface area contributed by atoms with Crippen molar-refractivity contribution in [2.24, 2.45) is 0 Å². The van der Waals surface area contributed by atoms with Gasteiger partial charge in [0.05, 0.1) is 29.3 Å². The SMILES string of the molecule is CC(C)(CCC(C)(C)c1ccc(N2CC3(CCCN3)C2)cn1)c1ccc(NC2CCNCC2)cn1. The molecular formula is C29H44N6. The predicted molar refractivity (Wildman–Crippen MR) is 145 cm³/mol. The van der Waals surface area contributed by atoms with Gasteiger partial charge in [-0.2, -0.15) is 0 Å². The summed E-state index contributed by atoms with van der Waals surface area (Å²) in [5, 5.41) is 10.8. The number of pyridine rings is 2. The summed E-state index contributed by atoms with van der Waals surface area (Å²) in [5.74, 6) is 0. The average molecular weight is 477 g/mol. The molecule has 3 aliphatic heterocycles. The normalized spacial score (nSPS) is 20.7. The molecule has 3 N–H and O–H groups in total. The molecule has 2 aromatic heterocycles. The summed E-state index contributed by atoms with van der Waals surface area (Å²) in [6.07, 6.45) is 11.2. The van der Waals surface area contributed by atoms with Crippen molar-refractivity contribution in [3.8, 4) is 0 Å². The van der Waals surface area contributed by atoms with Crippen LogP contribution in [-0.4, -0.2) is 54.3 Å². The zero-order chi connectivity index (χ0) is 24.5. The van der Waals surface area contributed by atoms with Crippen molar-refractivity contribution >= 4 is 11.4 Å². The van der Waals surface area contributed by atoms with E-state index in [1.54, 1.807) is 0 Å². The van der Waals surface area contributed by atoms with Gasteiger partial charge in [0.1, 0.15) is 0 Å². The maximum absolute atomic E-state index is 4.92. The first-order valence-corrected chi connectivity index (χ1v) is 13.7. The minimum Gasteiger partial charge on any atom is -0.381 e. The molecule has 0 amide bonds. The molecule has 1 spiro atoms. The van der Waals surface area contributed by atoms with Crippen molar-refractivity contribution in [3.63, 3.8) is 0 Å². The van der Waals surface area contributed by atoms with E-state index in [0.717, 1.165) is 44.7 Å². The zero-order valence-corrected chi connectivity index (χ0v) is 22.2. The molecule has 3 fully saturated rings. The monoisotopic (exact) mass is 476 g/mol. The molecule has 3 saturated heterocycles. The Bertz CT molecular complexity index is 961. The fraction of sp³-hybridized carbons (Fsp3) is 0.655. The van der Waals surface area contributed by atoms with Crippen molar-refractivity contribution in [2.45, 2.75) is 88.6 Å². The molecule has 3 aliphatic rings. The quantitative estimate of drug-likeness (QED) is 0.517. The minimum absolute atomic E-state index is 0.0186. The lowest BCUT2D eigenvalue weighted by atomic mass is 9.75. The van der Waals surface area contributed by atoms with Crippen LogP contribution in [0.25, 0.3) is 0 Å². The Morgan fingerprint density at radius 2 is 1.57 bits per heavy atom. The number of aromatic nitrogens is 2. The van der Waals surface area contributed by atoms with E-state index in [4.69, 9.17) is 9.97 Å². The highest BCUT2D eigenvalue weighted by atomic mass is 15.3. The van der Waals surface area contributed by atoms with Gasteiger partial charge in [0.15, 0.2) is 0 Å². The fourth-order valence-corrected chi connectivity index (χ4v) is 5.94. The summed E-state index contributed by atoms with van der Waals surface area (Å²) in [5.41, 5.74) is 5.16. The highest BCUT2D eigenvalue weighted by Gasteiger charge is 2.44. The Kier molecular flexibility index (Phi) is 6.79. The van der Waals surface area contributed by atoms with Gasteiger partial charge in [0.2, 0.25) is 0 Å². The topological polar surface area (TPSA) is 65.1 Å². The van der Waals surface area contributed by atoms with Crippen LogP contribution in [0, 0.1) is 0 Å². The molecule has 190 valence electrons. The summed E-state index contributed by atoms with van der Waals surface area (Å²) >= 11 is 0. The molecule has 5 heterocycles. The van der Waals surface area contributed by atoms with Crippen LogP contribution in [0.1, 0.15) is 77.6 Å². The van der Waals surface area contributed by atoms with Crippen molar-refractivity contribution in [1.29, 1.82) is 0 Å². The highest BCUT2D eigenvalue weighted by molar-refractivity contribution is 5.50. The molecule has 6 nitrogen and oxygen atoms in total. The van der Waals surface area contributed by atoms with Gasteiger partial charge < -0.3 is 20.9 Å². The van der Waals surface area contributed by atoms with Gasteiger partial charge in [0, 0.05) is 41.3 Å². The second-order valence-corrected chi connectivity index (χ2v) is 12.4. The molecule has 5 rings (SSSR count). The number of anilines is 2. The zero-order valence-electron chi connectivity index (χ0n) is 22.2. The second kappa shape index (κ2) is 9.70. The van der Waals surface area contributed by atoms with E-state index in [1.807, 2.05) is 6.20 Å². The Hall–Kier alpha value is -2.18. The number of hydrogen-bond acceptors (Lipinski definition) is 6. The Balaban J connectivity index is 1.15. The van der Waals surface area contributed by atoms with Crippen molar-refractivity contribution in [3.05, 3.63) is 48.0 Å². The van der Waals surface area contributed by atoms with Crippen LogP contribution in [0.4, 0.5) is 11.4 Å². The van der Waals surface area contributed by atoms with Crippen LogP contribution >= 0.6 is 0 Å². The summed E-state index contributed by atoms with van der Waals surface area (Å²) in [6, 6.07) is 9.49. The summed E-state index contributed by atoms with van der Waals surface area (Å²) < 4.78 is 0. The molecule has 0 aromatic carbocycles. The molecule has 0 aliphatic carbocycles. The van der Waals surface area contributed by atoms with Crippen LogP contribution < -0.4 is 20.9 Å². The van der Waals surface area contributed by atoms with E-state index in [2.05, 4.69) is 79.0 Å². The Morgan fingerprint density at radius 3 is 2.11 bits per heavy atom. The van der Waals surface area contributed by atoms with Gasteiger partial charge >= 0.3 is 0 Å². The molecule has 6 heteroatoms. The number of rotatable bonds is 8. The lowest BCUT2D eigenvalue weighted by molar-refractivity contribution is 0.294. The smallest absolute Gasteiger partial charge is 0.0554 e. The van der Waals surface area contributed by atoms with Crippen LogP contribution in [0.3, 0.4) is 0 Å². The third-order valence-corrected chi connectivity index (χ3v) is 8.67. The van der Waals surface area contributed by atoms with Gasteiger partial charge in [-0.25, -0.2) is 0 Å². The van der Waals surface area contributed by atoms with E-state index in [1.165, 1.54) is 49.3 Å². The van der Waals surface area contributed by atoms with Crippen LogP contribution in [0.15, 0.2) is 36.7 Å². The van der Waals surface area contributed by atoms with Gasteiger partial charge in [0.25, 0.3) is 0 Å². The van der Waals surface area contributed by atoms with Gasteiger partial charge in [-0.15, -0.1) is 0 Å². The average Bonchev–Trinajstić information content (AvgIpc) is 3.34. The van der Waals surface area contributed by atoms with Crippen LogP contribution in [0.2, 0.25) is 0 Å². The number of nitrogens with zero attached hydrogens (tertiary/aromatic N) is 3. The van der Waals surface area contributed by atoms with E-state index in [-0.39, 0.29) is 10.8 Å². The Morgan fingerprint density at radius 1 is 0.914 bits per heavy atom. The maximum Gasteiger partial charge on any atom is 0.0554 e. The second-order valence-electron chi connectivity index (χ2n) is 12.4. The first-order valence-electron chi connectivity index (χ1n) is 13.7. The van der Waals surface area contributed by atoms with Gasteiger partial charge in [-0.3, -0.25) is 9.97 Å². The van der Waals surface area contributed by atoms with Crippen LogP contribution in [0.5, 0.6) is 0 Å². The fourth-order valence-electron chi connectivity index (χ4n) is 5.94. The number of nitrogens with one attached hydrogen (secondary N) is 3. The first-order chi connectivity index (χ1) is 16.7. The number of hydrogen-bond donors (Lipinski definition) is 3. The third kappa shape index (κ3) is 5.49. The molecule has 0 bridgehead atoms. The Labute approximate surface area is 211 Å². The highest BCUT2D eigenvalue weighted by Crippen LogP contribution is 2.37. The van der Waals surface area contributed by atoms with Gasteiger partial charge in [-0.1, -0.05) is 27.7 Å². The van der Waals surface area contributed by atoms with E-state index >= 15 is 0 Å². The van der Waals surface area contributed by atoms with E-state index in [0.29, 0.717) is 11.6 Å². The van der Waals surface area contributed by atoms with Gasteiger partial charge in [-0.05, 0) is 82.4 Å². The molecule has 0 radical (unpaired) electrons. The third-order valence-electron chi connectivity index (χ3n) is 8.67. The number of piperidine rings is 1. The van der Waals surface area contributed by atoms with E-state index in [9.17, 15) is 0 Å². The van der Waals surface area contributed by atoms with Crippen LogP contribution in [-0.2, 0) is 10.8 Å². The summed E-state index contributed by atoms with van der Waals surface area (Å²) in [6.45, 7) is 14.9. The molecule has 0 unspecified atom stereocenters. The lowest BCUT2D eigenvalue weighted by Gasteiger charge is -2.49. The summed E-state index contributed by atoms with van der Waals surface area (Å²) in [7, 11) is 0.